The monoisotopic (exact) mass is 840 g/mol. The molecule has 8 nitrogen and oxygen atoms in total. The Morgan fingerprint density at radius 2 is 1.80 bits per heavy atom. The van der Waals surface area contributed by atoms with Crippen LogP contribution >= 0.6 is 56.5 Å². The van der Waals surface area contributed by atoms with Crippen molar-refractivity contribution < 1.29 is 28.1 Å². The zero-order valence-electron chi connectivity index (χ0n) is 23.9. The van der Waals surface area contributed by atoms with Crippen LogP contribution in [-0.2, 0) is 16.1 Å². The molecule has 0 saturated heterocycles. The quantitative estimate of drug-likeness (QED) is 0.150. The molecule has 4 aromatic rings. The molecule has 0 bridgehead atoms. The minimum absolute atomic E-state index is 0.0216. The van der Waals surface area contributed by atoms with Gasteiger partial charge in [0.1, 0.15) is 18.2 Å². The summed E-state index contributed by atoms with van der Waals surface area (Å²) >= 11 is 5.57. The number of hydrogen-bond donors (Lipinski definition) is 0. The lowest BCUT2D eigenvalue weighted by atomic mass is 9.97. The number of ether oxygens (including phenoxy) is 4. The van der Waals surface area contributed by atoms with E-state index in [1.165, 1.54) is 35.3 Å². The van der Waals surface area contributed by atoms with Crippen LogP contribution in [-0.4, -0.2) is 30.9 Å². The molecule has 3 aromatic carbocycles. The summed E-state index contributed by atoms with van der Waals surface area (Å²) in [6.45, 7) is 4.62. The Morgan fingerprint density at radius 3 is 2.52 bits per heavy atom. The summed E-state index contributed by atoms with van der Waals surface area (Å²) in [7, 11) is 1.29. The second-order valence-electron chi connectivity index (χ2n) is 9.43. The predicted octanol–water partition coefficient (Wildman–Crippen LogP) is 5.74. The summed E-state index contributed by atoms with van der Waals surface area (Å²) in [5.41, 5.74) is 1.58. The summed E-state index contributed by atoms with van der Waals surface area (Å²) in [5, 5.41) is 0. The molecule has 0 N–H and O–H groups in total. The summed E-state index contributed by atoms with van der Waals surface area (Å²) in [4.78, 5) is 31.9. The van der Waals surface area contributed by atoms with Crippen molar-refractivity contribution in [3.8, 4) is 17.2 Å². The van der Waals surface area contributed by atoms with Gasteiger partial charge in [0.2, 0.25) is 0 Å². The molecule has 1 atom stereocenters. The van der Waals surface area contributed by atoms with Gasteiger partial charge in [0.15, 0.2) is 16.3 Å². The fourth-order valence-electron chi connectivity index (χ4n) is 4.73. The molecular weight excluding hydrogens is 813 g/mol. The van der Waals surface area contributed by atoms with Crippen LogP contribution in [0.4, 0.5) is 4.39 Å². The maximum absolute atomic E-state index is 14.3. The van der Waals surface area contributed by atoms with E-state index in [-0.39, 0.29) is 23.6 Å². The highest BCUT2D eigenvalue weighted by molar-refractivity contribution is 14.1. The molecule has 5 rings (SSSR count). The Balaban J connectivity index is 1.63. The van der Waals surface area contributed by atoms with Crippen LogP contribution in [0.1, 0.15) is 36.6 Å². The van der Waals surface area contributed by atoms with Gasteiger partial charge in [-0.2, -0.15) is 0 Å². The highest BCUT2D eigenvalue weighted by Crippen LogP contribution is 2.35. The highest BCUT2D eigenvalue weighted by Gasteiger charge is 2.31. The van der Waals surface area contributed by atoms with E-state index in [0.717, 1.165) is 7.14 Å². The summed E-state index contributed by atoms with van der Waals surface area (Å²) in [5.74, 6) is 0.632. The maximum Gasteiger partial charge on any atom is 0.337 e. The largest absolute Gasteiger partial charge is 0.490 e. The number of methoxy groups -OCH3 is 1. The fourth-order valence-corrected chi connectivity index (χ4v) is 7.74. The molecule has 0 radical (unpaired) electrons. The second-order valence-corrected chi connectivity index (χ2v) is 12.9. The third-order valence-corrected chi connectivity index (χ3v) is 9.08. The first kappa shape index (κ1) is 32.2. The SMILES string of the molecule is CCOc1ccc([C@@H]2C(C(=O)OC)=CN=c3s/c(=C/c4cc(I)cc(I)c4OCc4ccccc4F)c(=O)n32)cc1OCC. The number of nitrogens with zero attached hydrogens (tertiary/aromatic N) is 2. The van der Waals surface area contributed by atoms with Crippen molar-refractivity contribution in [2.24, 2.45) is 4.99 Å². The van der Waals surface area contributed by atoms with Crippen molar-refractivity contribution in [1.29, 1.82) is 0 Å². The average Bonchev–Trinajstić information content (AvgIpc) is 3.32. The Morgan fingerprint density at radius 1 is 1.05 bits per heavy atom. The van der Waals surface area contributed by atoms with Crippen molar-refractivity contribution in [3.63, 3.8) is 0 Å². The van der Waals surface area contributed by atoms with Gasteiger partial charge in [-0.25, -0.2) is 14.2 Å². The first-order valence-electron chi connectivity index (χ1n) is 13.6. The lowest BCUT2D eigenvalue weighted by Gasteiger charge is -2.23. The minimum Gasteiger partial charge on any atom is -0.490 e. The van der Waals surface area contributed by atoms with Gasteiger partial charge in [-0.1, -0.05) is 35.6 Å². The number of carbonyl (C=O) groups is 1. The van der Waals surface area contributed by atoms with Gasteiger partial charge in [-0.15, -0.1) is 0 Å². The van der Waals surface area contributed by atoms with Gasteiger partial charge in [-0.3, -0.25) is 9.36 Å². The van der Waals surface area contributed by atoms with Crippen molar-refractivity contribution in [2.45, 2.75) is 26.5 Å². The number of aromatic nitrogens is 1. The molecule has 12 heteroatoms. The van der Waals surface area contributed by atoms with Crippen molar-refractivity contribution in [3.05, 3.63) is 116 Å². The van der Waals surface area contributed by atoms with E-state index in [4.69, 9.17) is 18.9 Å². The Kier molecular flexibility index (Phi) is 10.4. The maximum atomic E-state index is 14.3. The molecule has 1 aromatic heterocycles. The number of fused-ring (bicyclic) bond motifs is 1. The number of halogens is 3. The molecule has 1 aliphatic rings. The first-order chi connectivity index (χ1) is 21.2. The predicted molar refractivity (Wildman–Crippen MR) is 183 cm³/mol. The lowest BCUT2D eigenvalue weighted by Crippen LogP contribution is -2.39. The molecule has 228 valence electrons. The standard InChI is InChI=1S/C32H27FI2N2O6S/c1-4-41-25-11-10-18(13-26(25)42-5-2)28-22(31(39)40-3)16-36-32-37(28)30(38)27(44-32)14-20-12-21(34)15-24(35)29(20)43-17-19-8-6-7-9-23(19)33/h6-16,28H,4-5,17H2,1-3H3/b27-14+/t28-/m1/s1. The van der Waals surface area contributed by atoms with Crippen molar-refractivity contribution in [2.75, 3.05) is 20.3 Å². The third kappa shape index (κ3) is 6.71. The van der Waals surface area contributed by atoms with Gasteiger partial charge in [0, 0.05) is 20.9 Å². The molecule has 2 heterocycles. The molecule has 0 spiro atoms. The van der Waals surface area contributed by atoms with Crippen LogP contribution in [0.3, 0.4) is 0 Å². The van der Waals surface area contributed by atoms with Gasteiger partial charge in [0.25, 0.3) is 5.56 Å². The third-order valence-electron chi connectivity index (χ3n) is 6.66. The topological polar surface area (TPSA) is 88.4 Å². The van der Waals surface area contributed by atoms with Gasteiger partial charge in [-0.05, 0) is 101 Å². The smallest absolute Gasteiger partial charge is 0.337 e. The minimum atomic E-state index is -0.816. The zero-order chi connectivity index (χ0) is 31.4. The number of esters is 1. The number of rotatable bonds is 10. The van der Waals surface area contributed by atoms with Gasteiger partial charge >= 0.3 is 5.97 Å². The van der Waals surface area contributed by atoms with E-state index in [1.807, 2.05) is 26.0 Å². The van der Waals surface area contributed by atoms with E-state index >= 15 is 0 Å². The average molecular weight is 840 g/mol. The second kappa shape index (κ2) is 14.2. The number of benzene rings is 3. The highest BCUT2D eigenvalue weighted by atomic mass is 127. The molecule has 44 heavy (non-hydrogen) atoms. The fraction of sp³-hybridized carbons (Fsp3) is 0.219. The van der Waals surface area contributed by atoms with Gasteiger partial charge in [0.05, 0.1) is 40.0 Å². The van der Waals surface area contributed by atoms with Crippen LogP contribution < -0.4 is 29.1 Å². The number of hydrogen-bond acceptors (Lipinski definition) is 8. The number of thiazole rings is 1. The molecule has 0 saturated carbocycles. The van der Waals surface area contributed by atoms with Gasteiger partial charge < -0.3 is 18.9 Å². The summed E-state index contributed by atoms with van der Waals surface area (Å²) < 4.78 is 40.7. The molecule has 0 aliphatic carbocycles. The Labute approximate surface area is 284 Å². The normalized spacial score (nSPS) is 14.4. The molecule has 0 amide bonds. The van der Waals surface area contributed by atoms with Crippen molar-refractivity contribution in [1.82, 2.24) is 4.57 Å². The van der Waals surface area contributed by atoms with Crippen molar-refractivity contribution >= 4 is 68.6 Å². The summed E-state index contributed by atoms with van der Waals surface area (Å²) in [6, 6.07) is 14.8. The van der Waals surface area contributed by atoms with Crippen LogP contribution in [0.5, 0.6) is 17.2 Å². The number of carbonyl (C=O) groups excluding carboxylic acids is 1. The molecular formula is C32H27FI2N2O6S. The van der Waals surface area contributed by atoms with E-state index in [9.17, 15) is 14.0 Å². The van der Waals surface area contributed by atoms with E-state index in [0.29, 0.717) is 56.5 Å². The van der Waals surface area contributed by atoms with E-state index in [1.54, 1.807) is 42.5 Å². The summed E-state index contributed by atoms with van der Waals surface area (Å²) in [6.07, 6.45) is 3.19. The lowest BCUT2D eigenvalue weighted by molar-refractivity contribution is -0.136. The van der Waals surface area contributed by atoms with Crippen LogP contribution in [0.15, 0.2) is 76.2 Å². The Hall–Kier alpha value is -3.24. The molecule has 0 unspecified atom stereocenters. The van der Waals surface area contributed by atoms with Crippen LogP contribution in [0.2, 0.25) is 0 Å². The molecule has 1 aliphatic heterocycles. The van der Waals surface area contributed by atoms with Crippen LogP contribution in [0, 0.1) is 13.0 Å². The Bertz CT molecular complexity index is 1940. The first-order valence-corrected chi connectivity index (χ1v) is 16.6. The van der Waals surface area contributed by atoms with E-state index in [2.05, 4.69) is 50.2 Å². The molecule has 0 fully saturated rings. The zero-order valence-corrected chi connectivity index (χ0v) is 29.1. The van der Waals surface area contributed by atoms with Crippen LogP contribution in [0.25, 0.3) is 6.08 Å². The van der Waals surface area contributed by atoms with E-state index < -0.39 is 12.0 Å².